The fourth-order valence-electron chi connectivity index (χ4n) is 3.77. The van der Waals surface area contributed by atoms with Crippen LogP contribution in [-0.2, 0) is 33.6 Å². The lowest BCUT2D eigenvalue weighted by molar-refractivity contribution is -0.169. The van der Waals surface area contributed by atoms with E-state index in [2.05, 4.69) is 5.48 Å². The average molecular weight is 430 g/mol. The summed E-state index contributed by atoms with van der Waals surface area (Å²) in [6.45, 7) is 2.91. The topological polar surface area (TPSA) is 130 Å². The number of Topliss-reactive ketones (excluding diaryl/α,β-unsaturated/α-hetero) is 3. The first-order valence-corrected chi connectivity index (χ1v) is 9.77. The molecule has 160 valence electrons. The molecule has 0 unspecified atom stereocenters. The zero-order valence-corrected chi connectivity index (χ0v) is 17.3. The van der Waals surface area contributed by atoms with Gasteiger partial charge in [-0.2, -0.15) is 5.48 Å². The molecule has 2 aliphatic rings. The first-order valence-electron chi connectivity index (χ1n) is 9.24. The number of likely N-dealkylation sites (tertiary alicyclic amines) is 2. The van der Waals surface area contributed by atoms with Gasteiger partial charge in [0, 0.05) is 19.4 Å². The SMILES string of the molecule is CON[C@@H](C)C(=O)N1CCC[C@H]1C(=O)N1C(=O)CCC(=O)[C@]1(C)C(=O)C(=O)CCl. The lowest BCUT2D eigenvalue weighted by Gasteiger charge is -2.42. The van der Waals surface area contributed by atoms with E-state index >= 15 is 0 Å². The molecule has 2 fully saturated rings. The maximum Gasteiger partial charge on any atom is 0.253 e. The maximum absolute atomic E-state index is 13.3. The fraction of sp³-hybridized carbons (Fsp3) is 0.667. The van der Waals surface area contributed by atoms with E-state index in [4.69, 9.17) is 16.4 Å². The summed E-state index contributed by atoms with van der Waals surface area (Å²) in [6, 6.07) is -1.78. The minimum absolute atomic E-state index is 0.259. The first kappa shape index (κ1) is 23.1. The molecule has 0 saturated carbocycles. The highest BCUT2D eigenvalue weighted by Crippen LogP contribution is 2.31. The van der Waals surface area contributed by atoms with Gasteiger partial charge in [0.25, 0.3) is 5.91 Å². The van der Waals surface area contributed by atoms with Crippen molar-refractivity contribution in [1.29, 1.82) is 0 Å². The van der Waals surface area contributed by atoms with Gasteiger partial charge in [0.15, 0.2) is 11.3 Å². The van der Waals surface area contributed by atoms with Gasteiger partial charge in [-0.1, -0.05) is 0 Å². The molecule has 2 saturated heterocycles. The monoisotopic (exact) mass is 429 g/mol. The van der Waals surface area contributed by atoms with Gasteiger partial charge >= 0.3 is 0 Å². The molecule has 0 spiro atoms. The van der Waals surface area contributed by atoms with Gasteiger partial charge in [0.2, 0.25) is 23.4 Å². The standard InChI is InChI=1S/C18H24ClN3O7/c1-10(20-29-3)16(27)21-8-4-5-11(21)17(28)22-14(25)7-6-13(24)18(22,2)15(26)12(23)9-19/h10-11,20H,4-9H2,1-3H3/t10-,11-,18+/m0/s1. The zero-order valence-electron chi connectivity index (χ0n) is 16.5. The van der Waals surface area contributed by atoms with Gasteiger partial charge in [-0.15, -0.1) is 11.6 Å². The summed E-state index contributed by atoms with van der Waals surface area (Å²) in [5, 5.41) is 0. The van der Waals surface area contributed by atoms with Crippen LogP contribution in [0.3, 0.4) is 0 Å². The molecule has 3 amide bonds. The Hall–Kier alpha value is -2.17. The minimum Gasteiger partial charge on any atom is -0.329 e. The summed E-state index contributed by atoms with van der Waals surface area (Å²) in [6.07, 6.45) is 0.242. The zero-order chi connectivity index (χ0) is 21.9. The van der Waals surface area contributed by atoms with Gasteiger partial charge in [-0.05, 0) is 26.7 Å². The van der Waals surface area contributed by atoms with Crippen molar-refractivity contribution in [2.45, 2.75) is 57.2 Å². The molecule has 1 N–H and O–H groups in total. The summed E-state index contributed by atoms with van der Waals surface area (Å²) in [5.41, 5.74) is 0.226. The number of imide groups is 1. The molecule has 2 rings (SSSR count). The number of hydrogen-bond donors (Lipinski definition) is 1. The molecular weight excluding hydrogens is 406 g/mol. The second-order valence-corrected chi connectivity index (χ2v) is 7.45. The molecular formula is C18H24ClN3O7. The molecule has 10 nitrogen and oxygen atoms in total. The number of rotatable bonds is 7. The van der Waals surface area contributed by atoms with E-state index < -0.39 is 58.6 Å². The highest BCUT2D eigenvalue weighted by Gasteiger charge is 2.57. The van der Waals surface area contributed by atoms with Crippen LogP contribution in [0, 0.1) is 0 Å². The van der Waals surface area contributed by atoms with E-state index in [1.165, 1.54) is 12.0 Å². The quantitative estimate of drug-likeness (QED) is 0.186. The normalized spacial score (nSPS) is 25.9. The Kier molecular flexibility index (Phi) is 7.25. The van der Waals surface area contributed by atoms with E-state index in [1.807, 2.05) is 0 Å². The Morgan fingerprint density at radius 1 is 1.28 bits per heavy atom. The number of amides is 3. The number of nitrogens with zero attached hydrogens (tertiary/aromatic N) is 2. The lowest BCUT2D eigenvalue weighted by atomic mass is 9.81. The maximum atomic E-state index is 13.3. The number of alkyl halides is 1. The predicted octanol–water partition coefficient (Wildman–Crippen LogP) is -0.629. The Morgan fingerprint density at radius 3 is 2.52 bits per heavy atom. The smallest absolute Gasteiger partial charge is 0.253 e. The second kappa shape index (κ2) is 9.10. The fourth-order valence-corrected chi connectivity index (χ4v) is 3.89. The second-order valence-electron chi connectivity index (χ2n) is 7.18. The minimum atomic E-state index is -2.26. The molecule has 3 atom stereocenters. The summed E-state index contributed by atoms with van der Waals surface area (Å²) in [5.74, 6) is -5.67. The molecule has 0 aliphatic carbocycles. The van der Waals surface area contributed by atoms with Crippen molar-refractivity contribution < 1.29 is 33.6 Å². The molecule has 0 radical (unpaired) electrons. The third kappa shape index (κ3) is 4.10. The van der Waals surface area contributed by atoms with Crippen molar-refractivity contribution in [3.05, 3.63) is 0 Å². The summed E-state index contributed by atoms with van der Waals surface area (Å²) in [7, 11) is 1.35. The van der Waals surface area contributed by atoms with Gasteiger partial charge in [0.1, 0.15) is 12.1 Å². The Labute approximate surface area is 172 Å². The molecule has 0 aromatic rings. The van der Waals surface area contributed by atoms with Crippen LogP contribution in [-0.4, -0.2) is 82.0 Å². The Balaban J connectivity index is 2.40. The molecule has 2 heterocycles. The van der Waals surface area contributed by atoms with Gasteiger partial charge in [-0.3, -0.25) is 33.7 Å². The number of ketones is 3. The number of piperidine rings is 1. The van der Waals surface area contributed by atoms with Crippen LogP contribution in [0.4, 0.5) is 0 Å². The third-order valence-electron chi connectivity index (χ3n) is 5.33. The molecule has 0 aromatic heterocycles. The Morgan fingerprint density at radius 2 is 1.93 bits per heavy atom. The van der Waals surface area contributed by atoms with E-state index in [-0.39, 0.29) is 25.8 Å². The number of hydrogen-bond acceptors (Lipinski definition) is 8. The number of nitrogens with one attached hydrogen (secondary N) is 1. The van der Waals surface area contributed by atoms with Gasteiger partial charge < -0.3 is 9.74 Å². The average Bonchev–Trinajstić information content (AvgIpc) is 3.19. The first-order chi connectivity index (χ1) is 13.6. The largest absolute Gasteiger partial charge is 0.329 e. The van der Waals surface area contributed by atoms with Crippen LogP contribution in [0.25, 0.3) is 0 Å². The van der Waals surface area contributed by atoms with E-state index in [9.17, 15) is 28.8 Å². The number of halogens is 1. The van der Waals surface area contributed by atoms with Crippen molar-refractivity contribution >= 4 is 46.7 Å². The van der Waals surface area contributed by atoms with Crippen molar-refractivity contribution in [3.8, 4) is 0 Å². The van der Waals surface area contributed by atoms with E-state index in [1.54, 1.807) is 6.92 Å². The van der Waals surface area contributed by atoms with Crippen molar-refractivity contribution in [2.75, 3.05) is 19.5 Å². The van der Waals surface area contributed by atoms with Gasteiger partial charge in [-0.25, -0.2) is 0 Å². The lowest BCUT2D eigenvalue weighted by Crippen LogP contribution is -2.68. The number of carbonyl (C=O) groups excluding carboxylic acids is 6. The van der Waals surface area contributed by atoms with E-state index in [0.29, 0.717) is 11.3 Å². The molecule has 0 aromatic carbocycles. The highest BCUT2D eigenvalue weighted by molar-refractivity contribution is 6.53. The van der Waals surface area contributed by atoms with Crippen LogP contribution in [0.5, 0.6) is 0 Å². The van der Waals surface area contributed by atoms with Crippen LogP contribution in [0.2, 0.25) is 0 Å². The van der Waals surface area contributed by atoms with Crippen LogP contribution >= 0.6 is 11.6 Å². The third-order valence-corrected chi connectivity index (χ3v) is 5.57. The molecule has 0 bridgehead atoms. The summed E-state index contributed by atoms with van der Waals surface area (Å²) in [4.78, 5) is 82.3. The summed E-state index contributed by atoms with van der Waals surface area (Å²) >= 11 is 5.45. The van der Waals surface area contributed by atoms with Crippen LogP contribution in [0.15, 0.2) is 0 Å². The van der Waals surface area contributed by atoms with E-state index in [0.717, 1.165) is 6.92 Å². The van der Waals surface area contributed by atoms with Crippen molar-refractivity contribution in [3.63, 3.8) is 0 Å². The van der Waals surface area contributed by atoms with Crippen molar-refractivity contribution in [1.82, 2.24) is 15.3 Å². The van der Waals surface area contributed by atoms with Crippen LogP contribution < -0.4 is 5.48 Å². The number of carbonyl (C=O) groups is 6. The van der Waals surface area contributed by atoms with Crippen LogP contribution in [0.1, 0.15) is 39.5 Å². The molecule has 29 heavy (non-hydrogen) atoms. The van der Waals surface area contributed by atoms with Gasteiger partial charge in [0.05, 0.1) is 13.0 Å². The number of hydroxylamine groups is 1. The Bertz CT molecular complexity index is 756. The highest BCUT2D eigenvalue weighted by atomic mass is 35.5. The molecule has 2 aliphatic heterocycles. The summed E-state index contributed by atoms with van der Waals surface area (Å²) < 4.78 is 0. The van der Waals surface area contributed by atoms with Crippen molar-refractivity contribution in [2.24, 2.45) is 0 Å². The predicted molar refractivity (Wildman–Crippen MR) is 99.6 cm³/mol. The molecule has 11 heteroatoms.